The Hall–Kier alpha value is -2.04. The number of rotatable bonds is 3. The maximum absolute atomic E-state index is 9.11. The van der Waals surface area contributed by atoms with Gasteiger partial charge in [0.25, 0.3) is 0 Å². The van der Waals surface area contributed by atoms with E-state index in [1.165, 1.54) is 23.7 Å². The first kappa shape index (κ1) is 12.0. The van der Waals surface area contributed by atoms with Gasteiger partial charge in [0.2, 0.25) is 0 Å². The lowest BCUT2D eigenvalue weighted by atomic mass is 10.1. The highest BCUT2D eigenvalue weighted by atomic mass is 32.2. The summed E-state index contributed by atoms with van der Waals surface area (Å²) in [6.07, 6.45) is 3.45. The molecular formula is C12H9N5S2. The van der Waals surface area contributed by atoms with Gasteiger partial charge < -0.3 is 9.71 Å². The molecule has 2 aromatic heterocycles. The average molecular weight is 287 g/mol. The molecule has 0 unspecified atom stereocenters. The molecule has 0 atom stereocenters. The Morgan fingerprint density at radius 1 is 1.47 bits per heavy atom. The largest absolute Gasteiger partial charge is 0.358 e. The Kier molecular flexibility index (Phi) is 3.11. The van der Waals surface area contributed by atoms with Gasteiger partial charge in [0, 0.05) is 23.5 Å². The Bertz CT molecular complexity index is 754. The molecule has 0 aliphatic carbocycles. The quantitative estimate of drug-likeness (QED) is 0.723. The summed E-state index contributed by atoms with van der Waals surface area (Å²) in [5.74, 6) is 0. The van der Waals surface area contributed by atoms with E-state index in [4.69, 9.17) is 5.26 Å². The maximum Gasteiger partial charge on any atom is 0.150 e. The van der Waals surface area contributed by atoms with Crippen molar-refractivity contribution in [2.75, 3.05) is 4.72 Å². The zero-order valence-electron chi connectivity index (χ0n) is 9.97. The smallest absolute Gasteiger partial charge is 0.150 e. The SMILES string of the molecule is Cc1ccc(NSc2cnsn2)c2[nH]cc(C#N)c12. The molecule has 0 saturated carbocycles. The zero-order valence-corrected chi connectivity index (χ0v) is 11.6. The fourth-order valence-electron chi connectivity index (χ4n) is 1.90. The van der Waals surface area contributed by atoms with Crippen LogP contribution >= 0.6 is 23.7 Å². The van der Waals surface area contributed by atoms with Gasteiger partial charge >= 0.3 is 0 Å². The van der Waals surface area contributed by atoms with Gasteiger partial charge in [-0.2, -0.15) is 14.0 Å². The number of aromatic nitrogens is 3. The summed E-state index contributed by atoms with van der Waals surface area (Å²) in [4.78, 5) is 3.15. The highest BCUT2D eigenvalue weighted by Gasteiger charge is 2.10. The second-order valence-electron chi connectivity index (χ2n) is 3.94. The number of anilines is 1. The Morgan fingerprint density at radius 3 is 3.11 bits per heavy atom. The first-order valence-electron chi connectivity index (χ1n) is 5.51. The van der Waals surface area contributed by atoms with Crippen LogP contribution in [0.3, 0.4) is 0 Å². The van der Waals surface area contributed by atoms with Crippen LogP contribution in [0, 0.1) is 18.3 Å². The number of nitrogens with one attached hydrogen (secondary N) is 2. The molecule has 0 radical (unpaired) electrons. The van der Waals surface area contributed by atoms with Crippen LogP contribution in [0.1, 0.15) is 11.1 Å². The van der Waals surface area contributed by atoms with Crippen LogP contribution in [0.5, 0.6) is 0 Å². The standard InChI is InChI=1S/C12H9N5S2/c1-7-2-3-9(16-18-10-6-15-19-17-10)12-11(7)8(4-13)5-14-12/h2-3,5-6,14,16H,1H3. The zero-order chi connectivity index (χ0) is 13.2. The van der Waals surface area contributed by atoms with Crippen molar-refractivity contribution < 1.29 is 0 Å². The molecule has 0 saturated heterocycles. The van der Waals surface area contributed by atoms with E-state index >= 15 is 0 Å². The number of H-pyrrole nitrogens is 1. The lowest BCUT2D eigenvalue weighted by molar-refractivity contribution is 1.27. The van der Waals surface area contributed by atoms with Crippen LogP contribution in [0.15, 0.2) is 29.6 Å². The predicted molar refractivity (Wildman–Crippen MR) is 77.1 cm³/mol. The number of hydrogen-bond donors (Lipinski definition) is 2. The molecule has 0 amide bonds. The number of aromatic amines is 1. The van der Waals surface area contributed by atoms with Crippen molar-refractivity contribution in [3.63, 3.8) is 0 Å². The van der Waals surface area contributed by atoms with Gasteiger partial charge in [0.15, 0.2) is 5.03 Å². The number of hydrogen-bond acceptors (Lipinski definition) is 6. The van der Waals surface area contributed by atoms with Crippen molar-refractivity contribution in [3.05, 3.63) is 35.7 Å². The molecule has 0 bridgehead atoms. The van der Waals surface area contributed by atoms with Crippen LogP contribution in [0.25, 0.3) is 10.9 Å². The molecule has 1 aromatic carbocycles. The van der Waals surface area contributed by atoms with E-state index in [1.807, 2.05) is 19.1 Å². The molecule has 3 aromatic rings. The molecule has 0 spiro atoms. The number of nitriles is 1. The minimum Gasteiger partial charge on any atom is -0.358 e. The average Bonchev–Trinajstić information content (AvgIpc) is 3.07. The van der Waals surface area contributed by atoms with Gasteiger partial charge in [-0.25, -0.2) is 0 Å². The van der Waals surface area contributed by atoms with Crippen LogP contribution in [0.4, 0.5) is 5.69 Å². The minimum absolute atomic E-state index is 0.663. The predicted octanol–water partition coefficient (Wildman–Crippen LogP) is 3.32. The Balaban J connectivity index is 1.98. The number of aryl methyl sites for hydroxylation is 1. The van der Waals surface area contributed by atoms with E-state index in [-0.39, 0.29) is 0 Å². The summed E-state index contributed by atoms with van der Waals surface area (Å²) < 4.78 is 11.3. The van der Waals surface area contributed by atoms with Crippen LogP contribution in [-0.4, -0.2) is 13.7 Å². The second-order valence-corrected chi connectivity index (χ2v) is 5.33. The van der Waals surface area contributed by atoms with E-state index in [1.54, 1.807) is 12.4 Å². The molecule has 0 fully saturated rings. The van der Waals surface area contributed by atoms with Gasteiger partial charge in [-0.3, -0.25) is 0 Å². The Morgan fingerprint density at radius 2 is 2.37 bits per heavy atom. The summed E-state index contributed by atoms with van der Waals surface area (Å²) in [5.41, 5.74) is 3.61. The third-order valence-corrected chi connectivity index (χ3v) is 4.09. The highest BCUT2D eigenvalue weighted by Crippen LogP contribution is 2.30. The van der Waals surface area contributed by atoms with Crippen LogP contribution in [-0.2, 0) is 0 Å². The second kappa shape index (κ2) is 4.91. The van der Waals surface area contributed by atoms with E-state index in [2.05, 4.69) is 24.5 Å². The van der Waals surface area contributed by atoms with Crippen molar-refractivity contribution in [2.45, 2.75) is 11.9 Å². The third kappa shape index (κ3) is 2.16. The molecule has 2 N–H and O–H groups in total. The summed E-state index contributed by atoms with van der Waals surface area (Å²) in [6, 6.07) is 6.19. The molecular weight excluding hydrogens is 278 g/mol. The minimum atomic E-state index is 0.663. The summed E-state index contributed by atoms with van der Waals surface area (Å²) in [5, 5.41) is 10.9. The van der Waals surface area contributed by atoms with Crippen molar-refractivity contribution in [1.29, 1.82) is 5.26 Å². The molecule has 7 heteroatoms. The summed E-state index contributed by atoms with van der Waals surface area (Å²) >= 11 is 2.58. The lowest BCUT2D eigenvalue weighted by Gasteiger charge is -2.06. The fourth-order valence-corrected chi connectivity index (χ4v) is 3.03. The normalized spacial score (nSPS) is 10.5. The first-order chi connectivity index (χ1) is 9.29. The number of benzene rings is 1. The molecule has 0 aliphatic heterocycles. The maximum atomic E-state index is 9.11. The number of fused-ring (bicyclic) bond motifs is 1. The van der Waals surface area contributed by atoms with E-state index in [9.17, 15) is 0 Å². The van der Waals surface area contributed by atoms with Gasteiger partial charge in [0.1, 0.15) is 6.07 Å². The molecule has 5 nitrogen and oxygen atoms in total. The molecule has 3 rings (SSSR count). The van der Waals surface area contributed by atoms with E-state index in [0.717, 1.165) is 27.2 Å². The molecule has 0 aliphatic rings. The fraction of sp³-hybridized carbons (Fsp3) is 0.0833. The summed E-state index contributed by atoms with van der Waals surface area (Å²) in [7, 11) is 0. The van der Waals surface area contributed by atoms with Crippen LogP contribution < -0.4 is 4.72 Å². The number of nitrogens with zero attached hydrogens (tertiary/aromatic N) is 3. The van der Waals surface area contributed by atoms with Gasteiger partial charge in [0.05, 0.1) is 34.7 Å². The van der Waals surface area contributed by atoms with Crippen molar-refractivity contribution >= 4 is 40.3 Å². The van der Waals surface area contributed by atoms with Crippen molar-refractivity contribution in [2.24, 2.45) is 0 Å². The van der Waals surface area contributed by atoms with E-state index in [0.29, 0.717) is 5.56 Å². The first-order valence-corrected chi connectivity index (χ1v) is 7.05. The van der Waals surface area contributed by atoms with Gasteiger partial charge in [-0.05, 0) is 18.6 Å². The van der Waals surface area contributed by atoms with Crippen molar-refractivity contribution in [3.8, 4) is 6.07 Å². The topological polar surface area (TPSA) is 77.4 Å². The molecule has 19 heavy (non-hydrogen) atoms. The van der Waals surface area contributed by atoms with Gasteiger partial charge in [-0.1, -0.05) is 6.07 Å². The third-order valence-electron chi connectivity index (χ3n) is 2.77. The van der Waals surface area contributed by atoms with Gasteiger partial charge in [-0.15, -0.1) is 0 Å². The highest BCUT2D eigenvalue weighted by molar-refractivity contribution is 8.00. The van der Waals surface area contributed by atoms with Crippen molar-refractivity contribution in [1.82, 2.24) is 13.7 Å². The monoisotopic (exact) mass is 287 g/mol. The summed E-state index contributed by atoms with van der Waals surface area (Å²) in [6.45, 7) is 2.00. The van der Waals surface area contributed by atoms with Crippen LogP contribution in [0.2, 0.25) is 0 Å². The molecule has 94 valence electrons. The Labute approximate surface area is 118 Å². The molecule has 2 heterocycles. The van der Waals surface area contributed by atoms with E-state index < -0.39 is 0 Å². The lowest BCUT2D eigenvalue weighted by Crippen LogP contribution is -1.89.